The van der Waals surface area contributed by atoms with Crippen molar-refractivity contribution in [2.75, 3.05) is 0 Å². The summed E-state index contributed by atoms with van der Waals surface area (Å²) < 4.78 is 9.78. The standard InChI is InChI=1S/C8H8O2Si3/c1-7-4-2-3-5-8(7)6-12-10-13-9-11/h2-6H,1H3. The van der Waals surface area contributed by atoms with Crippen molar-refractivity contribution in [1.82, 2.24) is 0 Å². The third-order valence-electron chi connectivity index (χ3n) is 1.55. The fourth-order valence-corrected chi connectivity index (χ4v) is 2.31. The van der Waals surface area contributed by atoms with Gasteiger partial charge in [-0.1, -0.05) is 24.3 Å². The van der Waals surface area contributed by atoms with E-state index in [-0.39, 0.29) is 10.0 Å². The number of benzene rings is 1. The molecule has 0 spiro atoms. The van der Waals surface area contributed by atoms with Gasteiger partial charge >= 0.3 is 10.0 Å². The van der Waals surface area contributed by atoms with Gasteiger partial charge in [-0.15, -0.1) is 0 Å². The SMILES string of the molecule is Cc1ccccc1C=[Si]O[Si]O[Si]. The Balaban J connectivity index is 2.53. The van der Waals surface area contributed by atoms with Crippen molar-refractivity contribution in [2.24, 2.45) is 0 Å². The van der Waals surface area contributed by atoms with Crippen LogP contribution in [-0.4, -0.2) is 35.5 Å². The van der Waals surface area contributed by atoms with Crippen LogP contribution in [0.4, 0.5) is 0 Å². The van der Waals surface area contributed by atoms with Crippen LogP contribution in [0.15, 0.2) is 24.3 Å². The van der Waals surface area contributed by atoms with E-state index in [9.17, 15) is 0 Å². The zero-order valence-electron chi connectivity index (χ0n) is 7.20. The molecular weight excluding hydrogens is 212 g/mol. The number of hydrogen-bond acceptors (Lipinski definition) is 2. The summed E-state index contributed by atoms with van der Waals surface area (Å²) in [5, 5.41) is 0. The Labute approximate surface area is 86.4 Å². The Morgan fingerprint density at radius 3 is 2.85 bits per heavy atom. The first-order valence-electron chi connectivity index (χ1n) is 3.72. The van der Waals surface area contributed by atoms with Crippen LogP contribution >= 0.6 is 0 Å². The molecule has 0 aliphatic heterocycles. The van der Waals surface area contributed by atoms with Gasteiger partial charge in [0, 0.05) is 0 Å². The molecule has 0 saturated heterocycles. The molecule has 2 nitrogen and oxygen atoms in total. The molecular formula is C8H8O2Si3. The minimum absolute atomic E-state index is 0.0581. The highest BCUT2D eigenvalue weighted by molar-refractivity contribution is 6.51. The first-order chi connectivity index (χ1) is 6.34. The third kappa shape index (κ3) is 3.81. The average molecular weight is 220 g/mol. The summed E-state index contributed by atoms with van der Waals surface area (Å²) in [4.78, 5) is 0. The predicted molar refractivity (Wildman–Crippen MR) is 55.8 cm³/mol. The Morgan fingerprint density at radius 1 is 1.38 bits per heavy atom. The lowest BCUT2D eigenvalue weighted by Gasteiger charge is -1.98. The summed E-state index contributed by atoms with van der Waals surface area (Å²) in [6, 6.07) is 8.20. The van der Waals surface area contributed by atoms with Crippen LogP contribution < -0.4 is 0 Å². The fraction of sp³-hybridized carbons (Fsp3) is 0.125. The van der Waals surface area contributed by atoms with Crippen LogP contribution in [-0.2, 0) is 8.23 Å². The van der Waals surface area contributed by atoms with Gasteiger partial charge in [-0.05, 0) is 23.7 Å². The topological polar surface area (TPSA) is 18.5 Å². The molecule has 0 unspecified atom stereocenters. The van der Waals surface area contributed by atoms with Crippen molar-refractivity contribution in [3.8, 4) is 0 Å². The van der Waals surface area contributed by atoms with Gasteiger partial charge in [0.05, 0.1) is 0 Å². The van der Waals surface area contributed by atoms with E-state index in [0.29, 0.717) is 9.38 Å². The molecule has 0 aliphatic rings. The van der Waals surface area contributed by atoms with E-state index < -0.39 is 0 Å². The fourth-order valence-electron chi connectivity index (χ4n) is 0.887. The second-order valence-corrected chi connectivity index (χ2v) is 4.73. The maximum atomic E-state index is 5.17. The van der Waals surface area contributed by atoms with Gasteiger partial charge in [0.1, 0.15) is 0 Å². The highest BCUT2D eigenvalue weighted by Crippen LogP contribution is 2.02. The normalized spacial score (nSPS) is 10.6. The van der Waals surface area contributed by atoms with Gasteiger partial charge in [-0.25, -0.2) is 0 Å². The molecule has 0 atom stereocenters. The zero-order chi connectivity index (χ0) is 9.52. The van der Waals surface area contributed by atoms with Crippen molar-refractivity contribution < 1.29 is 8.23 Å². The molecule has 0 saturated carbocycles. The molecule has 0 N–H and O–H groups in total. The Kier molecular flexibility index (Phi) is 4.91. The van der Waals surface area contributed by atoms with Crippen LogP contribution in [0.1, 0.15) is 11.1 Å². The van der Waals surface area contributed by atoms with Gasteiger partial charge in [0.25, 0.3) is 9.38 Å². The summed E-state index contributed by atoms with van der Waals surface area (Å²) in [5.41, 5.74) is 4.55. The molecule has 0 bridgehead atoms. The molecule has 0 fully saturated rings. The maximum Gasteiger partial charge on any atom is 0.493 e. The molecule has 0 aliphatic carbocycles. The molecule has 64 valence electrons. The van der Waals surface area contributed by atoms with Crippen LogP contribution in [0.5, 0.6) is 0 Å². The second-order valence-electron chi connectivity index (χ2n) is 2.41. The van der Waals surface area contributed by atoms with Crippen LogP contribution in [0, 0.1) is 6.92 Å². The second kappa shape index (κ2) is 6.03. The minimum Gasteiger partial charge on any atom is -0.582 e. The average Bonchev–Trinajstić information content (AvgIpc) is 2.15. The van der Waals surface area contributed by atoms with Gasteiger partial charge in [0.2, 0.25) is 10.5 Å². The van der Waals surface area contributed by atoms with E-state index in [2.05, 4.69) is 39.3 Å². The van der Waals surface area contributed by atoms with E-state index in [1.54, 1.807) is 0 Å². The summed E-state index contributed by atoms with van der Waals surface area (Å²) >= 11 is 0. The molecule has 13 heavy (non-hydrogen) atoms. The molecule has 1 rings (SSSR count). The van der Waals surface area contributed by atoms with Crippen LogP contribution in [0.25, 0.3) is 0 Å². The lowest BCUT2D eigenvalue weighted by molar-refractivity contribution is 0.511. The van der Waals surface area contributed by atoms with E-state index in [1.807, 2.05) is 12.1 Å². The van der Waals surface area contributed by atoms with Gasteiger partial charge in [0.15, 0.2) is 0 Å². The molecule has 0 heterocycles. The minimum atomic E-state index is 0.0581. The first kappa shape index (κ1) is 10.6. The number of rotatable bonds is 4. The van der Waals surface area contributed by atoms with Gasteiger partial charge < -0.3 is 8.23 Å². The number of aryl methyl sites for hydroxylation is 1. The zero-order valence-corrected chi connectivity index (χ0v) is 10.2. The van der Waals surface area contributed by atoms with E-state index in [4.69, 9.17) is 4.12 Å². The molecule has 1 aromatic rings. The number of hydrogen-bond donors (Lipinski definition) is 0. The lowest BCUT2D eigenvalue weighted by Crippen LogP contribution is -2.03. The van der Waals surface area contributed by atoms with E-state index in [1.165, 1.54) is 11.1 Å². The third-order valence-corrected chi connectivity index (χ3v) is 3.11. The van der Waals surface area contributed by atoms with E-state index >= 15 is 0 Å². The Hall–Kier alpha value is -0.499. The first-order valence-corrected chi connectivity index (χ1v) is 5.93. The summed E-state index contributed by atoms with van der Waals surface area (Å²) in [6.07, 6.45) is 0. The Morgan fingerprint density at radius 2 is 2.15 bits per heavy atom. The van der Waals surface area contributed by atoms with Crippen molar-refractivity contribution in [1.29, 1.82) is 0 Å². The highest BCUT2D eigenvalue weighted by Gasteiger charge is 1.91. The van der Waals surface area contributed by atoms with Crippen LogP contribution in [0.2, 0.25) is 0 Å². The monoisotopic (exact) mass is 220 g/mol. The molecule has 0 aromatic heterocycles. The van der Waals surface area contributed by atoms with E-state index in [0.717, 1.165) is 0 Å². The molecule has 5 heteroatoms. The van der Waals surface area contributed by atoms with Crippen molar-refractivity contribution >= 4 is 35.5 Å². The quantitative estimate of drug-likeness (QED) is 0.541. The van der Waals surface area contributed by atoms with Crippen molar-refractivity contribution in [3.05, 3.63) is 35.4 Å². The lowest BCUT2D eigenvalue weighted by atomic mass is 10.1. The predicted octanol–water partition coefficient (Wildman–Crippen LogP) is 0.415. The highest BCUT2D eigenvalue weighted by atomic mass is 28.3. The van der Waals surface area contributed by atoms with Crippen LogP contribution in [0.3, 0.4) is 0 Å². The molecule has 6 radical (unpaired) electrons. The Bertz CT molecular complexity index is 288. The van der Waals surface area contributed by atoms with Gasteiger partial charge in [-0.2, -0.15) is 0 Å². The summed E-state index contributed by atoms with van der Waals surface area (Å²) in [5.74, 6) is 0. The largest absolute Gasteiger partial charge is 0.582 e. The maximum absolute atomic E-state index is 5.17. The van der Waals surface area contributed by atoms with Crippen molar-refractivity contribution in [2.45, 2.75) is 6.92 Å². The summed E-state index contributed by atoms with van der Waals surface area (Å²) in [6.45, 7) is 2.08. The smallest absolute Gasteiger partial charge is 0.493 e. The molecule has 1 aromatic carbocycles. The summed E-state index contributed by atoms with van der Waals surface area (Å²) in [7, 11) is 3.27. The van der Waals surface area contributed by atoms with Crippen molar-refractivity contribution in [3.63, 3.8) is 0 Å². The molecule has 0 amide bonds. The van der Waals surface area contributed by atoms with Gasteiger partial charge in [-0.3, -0.25) is 0 Å².